The van der Waals surface area contributed by atoms with Gasteiger partial charge in [-0.05, 0) is 46.6 Å². The average molecular weight is 264 g/mol. The third-order valence-electron chi connectivity index (χ3n) is 4.05. The summed E-state index contributed by atoms with van der Waals surface area (Å²) in [7, 11) is 0. The second-order valence-electron chi connectivity index (χ2n) is 6.63. The van der Waals surface area contributed by atoms with Gasteiger partial charge in [-0.3, -0.25) is 4.90 Å². The molecule has 2 unspecified atom stereocenters. The smallest absolute Gasteiger partial charge is 0.0948 e. The first-order chi connectivity index (χ1) is 8.95. The van der Waals surface area contributed by atoms with Gasteiger partial charge in [-0.25, -0.2) is 4.98 Å². The van der Waals surface area contributed by atoms with Crippen molar-refractivity contribution in [2.75, 3.05) is 6.54 Å². The van der Waals surface area contributed by atoms with E-state index in [0.29, 0.717) is 6.04 Å². The number of piperidine rings is 1. The lowest BCUT2D eigenvalue weighted by Crippen LogP contribution is -2.53. The van der Waals surface area contributed by atoms with Crippen LogP contribution in [-0.2, 0) is 6.54 Å². The number of likely N-dealkylation sites (tertiary alicyclic amines) is 1. The van der Waals surface area contributed by atoms with Crippen molar-refractivity contribution in [3.05, 3.63) is 18.2 Å². The average Bonchev–Trinajstić information content (AvgIpc) is 2.76. The fraction of sp³-hybridized carbons (Fsp3) is 0.800. The monoisotopic (exact) mass is 264 g/mol. The molecule has 4 nitrogen and oxygen atoms in total. The number of aryl methyl sites for hydroxylation is 1. The Morgan fingerprint density at radius 1 is 1.42 bits per heavy atom. The van der Waals surface area contributed by atoms with Crippen molar-refractivity contribution in [1.29, 1.82) is 0 Å². The van der Waals surface area contributed by atoms with Gasteiger partial charge in [0.05, 0.1) is 18.1 Å². The number of aromatic nitrogens is 2. The molecule has 1 aromatic heterocycles. The number of hydrogen-bond acceptors (Lipinski definition) is 3. The fourth-order valence-corrected chi connectivity index (χ4v) is 3.16. The molecule has 0 aromatic carbocycles. The Bertz CT molecular complexity index is 405. The van der Waals surface area contributed by atoms with Crippen LogP contribution in [0, 0.1) is 0 Å². The summed E-state index contributed by atoms with van der Waals surface area (Å²) in [6.07, 6.45) is 7.37. The largest absolute Gasteiger partial charge is 0.333 e. The second-order valence-corrected chi connectivity index (χ2v) is 6.63. The van der Waals surface area contributed by atoms with Crippen molar-refractivity contribution in [1.82, 2.24) is 14.5 Å². The quantitative estimate of drug-likeness (QED) is 0.912. The van der Waals surface area contributed by atoms with Crippen LogP contribution in [-0.4, -0.2) is 32.6 Å². The zero-order valence-electron chi connectivity index (χ0n) is 12.8. The molecule has 2 atom stereocenters. The lowest BCUT2D eigenvalue weighted by Gasteiger charge is -2.47. The van der Waals surface area contributed by atoms with Crippen molar-refractivity contribution < 1.29 is 0 Å². The Hall–Kier alpha value is -0.870. The summed E-state index contributed by atoms with van der Waals surface area (Å²) in [5.74, 6) is 0. The van der Waals surface area contributed by atoms with Crippen molar-refractivity contribution in [3.63, 3.8) is 0 Å². The highest BCUT2D eigenvalue weighted by atomic mass is 15.3. The Labute approximate surface area is 117 Å². The van der Waals surface area contributed by atoms with Gasteiger partial charge in [-0.1, -0.05) is 6.92 Å². The van der Waals surface area contributed by atoms with E-state index in [4.69, 9.17) is 5.73 Å². The molecular formula is C15H28N4. The van der Waals surface area contributed by atoms with E-state index in [1.54, 1.807) is 0 Å². The molecule has 1 saturated heterocycles. The minimum Gasteiger partial charge on any atom is -0.333 e. The number of imidazole rings is 1. The predicted octanol–water partition coefficient (Wildman–Crippen LogP) is 2.56. The molecule has 108 valence electrons. The second kappa shape index (κ2) is 5.63. The molecule has 0 amide bonds. The molecule has 1 aromatic rings. The Morgan fingerprint density at radius 3 is 2.79 bits per heavy atom. The molecular weight excluding hydrogens is 236 g/mol. The van der Waals surface area contributed by atoms with Crippen LogP contribution >= 0.6 is 0 Å². The van der Waals surface area contributed by atoms with E-state index < -0.39 is 0 Å². The van der Waals surface area contributed by atoms with Gasteiger partial charge in [-0.15, -0.1) is 0 Å². The lowest BCUT2D eigenvalue weighted by atomic mass is 9.89. The zero-order chi connectivity index (χ0) is 14.0. The Balaban J connectivity index is 2.33. The van der Waals surface area contributed by atoms with Crippen molar-refractivity contribution >= 4 is 0 Å². The molecule has 2 rings (SSSR count). The van der Waals surface area contributed by atoms with Gasteiger partial charge in [0.15, 0.2) is 0 Å². The van der Waals surface area contributed by atoms with Crippen LogP contribution in [0.25, 0.3) is 0 Å². The van der Waals surface area contributed by atoms with Gasteiger partial charge in [0, 0.05) is 24.3 Å². The SMILES string of the molecule is CCCn1cncc1C1C(N)CCCN1C(C)(C)C. The van der Waals surface area contributed by atoms with Gasteiger partial charge < -0.3 is 10.3 Å². The van der Waals surface area contributed by atoms with Crippen molar-refractivity contribution in [3.8, 4) is 0 Å². The Morgan fingerprint density at radius 2 is 2.16 bits per heavy atom. The molecule has 1 fully saturated rings. The fourth-order valence-electron chi connectivity index (χ4n) is 3.16. The highest BCUT2D eigenvalue weighted by Gasteiger charge is 2.37. The first-order valence-corrected chi connectivity index (χ1v) is 7.47. The van der Waals surface area contributed by atoms with Crippen LogP contribution in [0.5, 0.6) is 0 Å². The normalized spacial score (nSPS) is 25.7. The summed E-state index contributed by atoms with van der Waals surface area (Å²) in [6, 6.07) is 0.503. The summed E-state index contributed by atoms with van der Waals surface area (Å²) >= 11 is 0. The van der Waals surface area contributed by atoms with Crippen LogP contribution in [0.3, 0.4) is 0 Å². The van der Waals surface area contributed by atoms with E-state index in [1.807, 2.05) is 12.5 Å². The van der Waals surface area contributed by atoms with Crippen LogP contribution in [0.2, 0.25) is 0 Å². The molecule has 0 spiro atoms. The summed E-state index contributed by atoms with van der Waals surface area (Å²) in [5.41, 5.74) is 7.86. The number of nitrogens with two attached hydrogens (primary N) is 1. The lowest BCUT2D eigenvalue weighted by molar-refractivity contribution is 0.0344. The predicted molar refractivity (Wildman–Crippen MR) is 78.9 cm³/mol. The third kappa shape index (κ3) is 3.00. The molecule has 0 bridgehead atoms. The van der Waals surface area contributed by atoms with E-state index in [9.17, 15) is 0 Å². The maximum atomic E-state index is 6.44. The maximum absolute atomic E-state index is 6.44. The minimum absolute atomic E-state index is 0.143. The van der Waals surface area contributed by atoms with Crippen molar-refractivity contribution in [2.24, 2.45) is 5.73 Å². The topological polar surface area (TPSA) is 47.1 Å². The molecule has 0 radical (unpaired) electrons. The molecule has 2 heterocycles. The van der Waals surface area contributed by atoms with Crippen LogP contribution < -0.4 is 5.73 Å². The van der Waals surface area contributed by atoms with E-state index in [0.717, 1.165) is 25.9 Å². The summed E-state index contributed by atoms with van der Waals surface area (Å²) < 4.78 is 2.27. The van der Waals surface area contributed by atoms with Crippen LogP contribution in [0.15, 0.2) is 12.5 Å². The third-order valence-corrected chi connectivity index (χ3v) is 4.05. The number of hydrogen-bond donors (Lipinski definition) is 1. The van der Waals surface area contributed by atoms with E-state index in [2.05, 4.69) is 42.1 Å². The molecule has 0 saturated carbocycles. The molecule has 4 heteroatoms. The standard InChI is InChI=1S/C15H28N4/c1-5-8-18-11-17-10-13(18)14-12(16)7-6-9-19(14)15(2,3)4/h10-12,14H,5-9,16H2,1-4H3. The molecule has 0 aliphatic carbocycles. The minimum atomic E-state index is 0.143. The number of nitrogens with zero attached hydrogens (tertiary/aromatic N) is 3. The van der Waals surface area contributed by atoms with Gasteiger partial charge in [0.1, 0.15) is 0 Å². The van der Waals surface area contributed by atoms with Gasteiger partial charge in [0.2, 0.25) is 0 Å². The molecule has 2 N–H and O–H groups in total. The highest BCUT2D eigenvalue weighted by Crippen LogP contribution is 2.35. The van der Waals surface area contributed by atoms with E-state index in [-0.39, 0.29) is 11.6 Å². The first kappa shape index (κ1) is 14.5. The molecule has 1 aliphatic heterocycles. The van der Waals surface area contributed by atoms with E-state index in [1.165, 1.54) is 12.1 Å². The van der Waals surface area contributed by atoms with Crippen molar-refractivity contribution in [2.45, 2.75) is 71.1 Å². The summed E-state index contributed by atoms with van der Waals surface area (Å²) in [5, 5.41) is 0. The zero-order valence-corrected chi connectivity index (χ0v) is 12.8. The van der Waals surface area contributed by atoms with Crippen LogP contribution in [0.4, 0.5) is 0 Å². The maximum Gasteiger partial charge on any atom is 0.0948 e. The molecule has 19 heavy (non-hydrogen) atoms. The molecule has 1 aliphatic rings. The number of rotatable bonds is 3. The first-order valence-electron chi connectivity index (χ1n) is 7.47. The summed E-state index contributed by atoms with van der Waals surface area (Å²) in [6.45, 7) is 11.2. The van der Waals surface area contributed by atoms with E-state index >= 15 is 0 Å². The Kier molecular flexibility index (Phi) is 4.31. The van der Waals surface area contributed by atoms with Gasteiger partial charge >= 0.3 is 0 Å². The highest BCUT2D eigenvalue weighted by molar-refractivity contribution is 5.12. The van der Waals surface area contributed by atoms with Gasteiger partial charge in [-0.2, -0.15) is 0 Å². The summed E-state index contributed by atoms with van der Waals surface area (Å²) in [4.78, 5) is 6.89. The van der Waals surface area contributed by atoms with Gasteiger partial charge in [0.25, 0.3) is 0 Å². The van der Waals surface area contributed by atoms with Crippen LogP contribution in [0.1, 0.15) is 58.7 Å².